The lowest BCUT2D eigenvalue weighted by Crippen LogP contribution is -2.18. The summed E-state index contributed by atoms with van der Waals surface area (Å²) in [7, 11) is 4.63. The highest BCUT2D eigenvalue weighted by Gasteiger charge is 2.18. The number of halogens is 1. The number of hydrazone groups is 1. The van der Waals surface area contributed by atoms with E-state index in [0.29, 0.717) is 61.4 Å². The maximum atomic E-state index is 13.4. The molecule has 5 rings (SSSR count). The summed E-state index contributed by atoms with van der Waals surface area (Å²) in [4.78, 5) is 18.2. The third-order valence-corrected chi connectivity index (χ3v) is 6.69. The number of fused-ring (bicyclic) bond motifs is 1. The van der Waals surface area contributed by atoms with Gasteiger partial charge in [-0.15, -0.1) is 0 Å². The van der Waals surface area contributed by atoms with Gasteiger partial charge in [-0.05, 0) is 43.3 Å². The largest absolute Gasteiger partial charge is 0.493 e. The van der Waals surface area contributed by atoms with Crippen LogP contribution < -0.4 is 19.6 Å². The van der Waals surface area contributed by atoms with Crippen molar-refractivity contribution in [2.45, 2.75) is 6.92 Å². The first-order valence-corrected chi connectivity index (χ1v) is 12.7. The number of nitrogens with zero attached hydrogens (tertiary/aromatic N) is 4. The monoisotopic (exact) mass is 555 g/mol. The summed E-state index contributed by atoms with van der Waals surface area (Å²) >= 11 is 6.59. The quantitative estimate of drug-likeness (QED) is 0.191. The molecule has 0 atom stereocenters. The fourth-order valence-corrected chi connectivity index (χ4v) is 4.67. The molecule has 0 spiro atoms. The molecule has 0 fully saturated rings. The van der Waals surface area contributed by atoms with Crippen molar-refractivity contribution in [3.63, 3.8) is 0 Å². The van der Waals surface area contributed by atoms with Crippen molar-refractivity contribution < 1.29 is 19.0 Å². The van der Waals surface area contributed by atoms with E-state index < -0.39 is 5.91 Å². The summed E-state index contributed by atoms with van der Waals surface area (Å²) in [5.74, 6) is 1.01. The highest BCUT2D eigenvalue weighted by atomic mass is 35.5. The number of hydrogen-bond acceptors (Lipinski definition) is 7. The Hall–Kier alpha value is -4.89. The van der Waals surface area contributed by atoms with Gasteiger partial charge in [-0.25, -0.2) is 15.1 Å². The predicted octanol–water partition coefficient (Wildman–Crippen LogP) is 5.84. The van der Waals surface area contributed by atoms with Gasteiger partial charge in [0.2, 0.25) is 5.75 Å². The molecule has 0 radical (unpaired) electrons. The molecule has 5 aromatic rings. The van der Waals surface area contributed by atoms with Crippen LogP contribution in [0.4, 0.5) is 0 Å². The molecular formula is C30H26ClN5O4. The first-order valence-electron chi connectivity index (χ1n) is 12.3. The van der Waals surface area contributed by atoms with E-state index in [1.54, 1.807) is 44.2 Å². The van der Waals surface area contributed by atoms with Crippen LogP contribution in [0.1, 0.15) is 21.6 Å². The maximum Gasteiger partial charge on any atom is 0.272 e. The average molecular weight is 556 g/mol. The molecular weight excluding hydrogens is 530 g/mol. The van der Waals surface area contributed by atoms with Crippen molar-refractivity contribution in [2.24, 2.45) is 5.10 Å². The van der Waals surface area contributed by atoms with Crippen molar-refractivity contribution in [1.29, 1.82) is 0 Å². The van der Waals surface area contributed by atoms with Crippen LogP contribution in [-0.4, -0.2) is 48.2 Å². The molecule has 0 saturated heterocycles. The number of nitrogens with one attached hydrogen (secondary N) is 1. The second-order valence-corrected chi connectivity index (χ2v) is 9.08. The molecule has 202 valence electrons. The van der Waals surface area contributed by atoms with Crippen LogP contribution in [0.3, 0.4) is 0 Å². The second-order valence-electron chi connectivity index (χ2n) is 8.72. The topological polar surface area (TPSA) is 99.9 Å². The Labute approximate surface area is 236 Å². The zero-order valence-electron chi connectivity index (χ0n) is 22.3. The fraction of sp³-hybridized carbons (Fsp3) is 0.133. The lowest BCUT2D eigenvalue weighted by Gasteiger charge is -2.15. The van der Waals surface area contributed by atoms with Crippen LogP contribution in [0, 0.1) is 6.92 Å². The Morgan fingerprint density at radius 3 is 2.30 bits per heavy atom. The van der Waals surface area contributed by atoms with Crippen molar-refractivity contribution in [1.82, 2.24) is 20.2 Å². The molecule has 2 aromatic heterocycles. The van der Waals surface area contributed by atoms with Crippen molar-refractivity contribution in [3.05, 3.63) is 94.8 Å². The molecule has 10 heteroatoms. The van der Waals surface area contributed by atoms with Gasteiger partial charge in [0.25, 0.3) is 5.91 Å². The average Bonchev–Trinajstić information content (AvgIpc) is 3.28. The standard InChI is InChI=1S/C30H26ClN5O4/c1-18-23(29(31)36(35-18)20-10-6-5-7-11-20)17-32-34-30(37)22-16-25(33-24-13-9-8-12-21(22)24)19-14-26(38-2)28(40-4)27(15-19)39-3/h5-17H,1-4H3,(H,34,37)/b32-17-. The molecule has 0 aliphatic heterocycles. The molecule has 0 saturated carbocycles. The number of aryl methyl sites for hydroxylation is 1. The number of amides is 1. The third-order valence-electron chi connectivity index (χ3n) is 6.33. The number of aromatic nitrogens is 3. The number of para-hydroxylation sites is 2. The van der Waals surface area contributed by atoms with Crippen molar-refractivity contribution in [2.75, 3.05) is 21.3 Å². The van der Waals surface area contributed by atoms with E-state index >= 15 is 0 Å². The molecule has 0 aliphatic rings. The van der Waals surface area contributed by atoms with Crippen molar-refractivity contribution >= 4 is 34.6 Å². The van der Waals surface area contributed by atoms with Gasteiger partial charge in [0.1, 0.15) is 5.15 Å². The minimum atomic E-state index is -0.409. The number of carbonyl (C=O) groups excluding carboxylic acids is 1. The molecule has 3 aromatic carbocycles. The van der Waals surface area contributed by atoms with Crippen LogP contribution >= 0.6 is 11.6 Å². The summed E-state index contributed by atoms with van der Waals surface area (Å²) < 4.78 is 18.1. The van der Waals surface area contributed by atoms with E-state index in [4.69, 9.17) is 30.8 Å². The molecule has 1 amide bonds. The van der Waals surface area contributed by atoms with Crippen molar-refractivity contribution in [3.8, 4) is 34.2 Å². The lowest BCUT2D eigenvalue weighted by atomic mass is 10.0. The molecule has 40 heavy (non-hydrogen) atoms. The summed E-state index contributed by atoms with van der Waals surface area (Å²) in [6.45, 7) is 1.83. The number of pyridine rings is 1. The van der Waals surface area contributed by atoms with Gasteiger partial charge in [-0.1, -0.05) is 48.0 Å². The lowest BCUT2D eigenvalue weighted by molar-refractivity contribution is 0.0956. The van der Waals surface area contributed by atoms with Crippen LogP contribution in [0.25, 0.3) is 27.8 Å². The minimum Gasteiger partial charge on any atom is -0.493 e. The highest BCUT2D eigenvalue weighted by molar-refractivity contribution is 6.32. The molecule has 0 aliphatic carbocycles. The molecule has 0 unspecified atom stereocenters. The van der Waals surface area contributed by atoms with E-state index in [9.17, 15) is 4.79 Å². The molecule has 0 bridgehead atoms. The Morgan fingerprint density at radius 2 is 1.62 bits per heavy atom. The van der Waals surface area contributed by atoms with Crippen LogP contribution in [-0.2, 0) is 0 Å². The van der Waals surface area contributed by atoms with E-state index in [0.717, 1.165) is 5.69 Å². The van der Waals surface area contributed by atoms with Gasteiger partial charge >= 0.3 is 0 Å². The van der Waals surface area contributed by atoms with Gasteiger partial charge in [-0.3, -0.25) is 4.79 Å². The zero-order valence-corrected chi connectivity index (χ0v) is 23.1. The van der Waals surface area contributed by atoms with Gasteiger partial charge in [0.15, 0.2) is 11.5 Å². The number of ether oxygens (including phenoxy) is 3. The number of methoxy groups -OCH3 is 3. The first-order chi connectivity index (χ1) is 19.4. The van der Waals surface area contributed by atoms with Crippen LogP contribution in [0.2, 0.25) is 5.15 Å². The number of hydrogen-bond donors (Lipinski definition) is 1. The SMILES string of the molecule is COc1cc(-c2cc(C(=O)N/N=C\c3c(C)nn(-c4ccccc4)c3Cl)c3ccccc3n2)cc(OC)c1OC. The number of rotatable bonds is 8. The Bertz CT molecular complexity index is 1710. The molecule has 2 heterocycles. The number of carbonyl (C=O) groups is 1. The van der Waals surface area contributed by atoms with Crippen LogP contribution in [0.5, 0.6) is 17.2 Å². The predicted molar refractivity (Wildman–Crippen MR) is 155 cm³/mol. The minimum absolute atomic E-state index is 0.390. The second kappa shape index (κ2) is 11.5. The van der Waals surface area contributed by atoms with Gasteiger partial charge in [0.05, 0.1) is 61.3 Å². The van der Waals surface area contributed by atoms with E-state index in [2.05, 4.69) is 15.6 Å². The maximum absolute atomic E-state index is 13.4. The molecule has 1 N–H and O–H groups in total. The van der Waals surface area contributed by atoms with E-state index in [-0.39, 0.29) is 0 Å². The number of benzene rings is 3. The summed E-state index contributed by atoms with van der Waals surface area (Å²) in [6, 6.07) is 22.2. The van der Waals surface area contributed by atoms with Gasteiger partial charge in [0, 0.05) is 10.9 Å². The smallest absolute Gasteiger partial charge is 0.272 e. The Kier molecular flexibility index (Phi) is 7.65. The zero-order chi connectivity index (χ0) is 28.2. The fourth-order valence-electron chi connectivity index (χ4n) is 4.35. The summed E-state index contributed by atoms with van der Waals surface area (Å²) in [5.41, 5.74) is 7.00. The summed E-state index contributed by atoms with van der Waals surface area (Å²) in [5, 5.41) is 9.77. The van der Waals surface area contributed by atoms with Gasteiger partial charge < -0.3 is 14.2 Å². The Balaban J connectivity index is 1.49. The van der Waals surface area contributed by atoms with Gasteiger partial charge in [-0.2, -0.15) is 10.2 Å². The van der Waals surface area contributed by atoms with E-state index in [1.165, 1.54) is 6.21 Å². The summed E-state index contributed by atoms with van der Waals surface area (Å²) in [6.07, 6.45) is 1.49. The van der Waals surface area contributed by atoms with Crippen LogP contribution in [0.15, 0.2) is 77.9 Å². The highest BCUT2D eigenvalue weighted by Crippen LogP contribution is 2.41. The van der Waals surface area contributed by atoms with E-state index in [1.807, 2.05) is 61.5 Å². The normalized spacial score (nSPS) is 11.1. The first kappa shape index (κ1) is 26.7. The molecule has 9 nitrogen and oxygen atoms in total. The third kappa shape index (κ3) is 5.06. The Morgan fingerprint density at radius 1 is 0.950 bits per heavy atom.